The first-order chi connectivity index (χ1) is 12.8. The van der Waals surface area contributed by atoms with Crippen molar-refractivity contribution in [3.8, 4) is 11.8 Å². The number of nitrogens with zero attached hydrogens (tertiary/aromatic N) is 3. The van der Waals surface area contributed by atoms with Crippen molar-refractivity contribution in [2.24, 2.45) is 0 Å². The van der Waals surface area contributed by atoms with Gasteiger partial charge in [-0.1, -0.05) is 12.1 Å². The minimum Gasteiger partial charge on any atom is -0.497 e. The molecule has 0 aliphatic carbocycles. The summed E-state index contributed by atoms with van der Waals surface area (Å²) in [7, 11) is 1.67. The smallest absolute Gasteiger partial charge is 0.229 e. The maximum absolute atomic E-state index is 8.84. The van der Waals surface area contributed by atoms with Gasteiger partial charge in [0.05, 0.1) is 18.7 Å². The van der Waals surface area contributed by atoms with Crippen LogP contribution in [0, 0.1) is 11.3 Å². The molecular formula is C20H19N5O. The van der Waals surface area contributed by atoms with E-state index in [-0.39, 0.29) is 0 Å². The summed E-state index contributed by atoms with van der Waals surface area (Å²) < 4.78 is 5.24. The number of anilines is 3. The highest BCUT2D eigenvalue weighted by atomic mass is 16.5. The van der Waals surface area contributed by atoms with Crippen molar-refractivity contribution in [1.82, 2.24) is 9.97 Å². The Hall–Kier alpha value is -3.59. The van der Waals surface area contributed by atoms with E-state index in [2.05, 4.69) is 32.7 Å². The van der Waals surface area contributed by atoms with Crippen molar-refractivity contribution in [2.45, 2.75) is 6.42 Å². The SMILES string of the molecule is COc1cccc(CCNc2ccnc(Nc3ccc(C#N)cc3)n2)c1. The molecule has 3 aromatic rings. The van der Waals surface area contributed by atoms with Crippen LogP contribution >= 0.6 is 0 Å². The fraction of sp³-hybridized carbons (Fsp3) is 0.150. The van der Waals surface area contributed by atoms with Crippen LogP contribution in [0.2, 0.25) is 0 Å². The standard InChI is InChI=1S/C20H19N5O/c1-26-18-4-2-3-15(13-18)9-11-22-19-10-12-23-20(25-19)24-17-7-5-16(14-21)6-8-17/h2-8,10,12-13H,9,11H2,1H3,(H2,22,23,24,25). The number of benzene rings is 2. The lowest BCUT2D eigenvalue weighted by atomic mass is 10.1. The van der Waals surface area contributed by atoms with Gasteiger partial charge in [0.25, 0.3) is 0 Å². The summed E-state index contributed by atoms with van der Waals surface area (Å²) in [6, 6.07) is 19.1. The highest BCUT2D eigenvalue weighted by molar-refractivity contribution is 5.56. The number of aromatic nitrogens is 2. The molecule has 0 aliphatic heterocycles. The van der Waals surface area contributed by atoms with Gasteiger partial charge in [-0.2, -0.15) is 10.2 Å². The van der Waals surface area contributed by atoms with Gasteiger partial charge >= 0.3 is 0 Å². The van der Waals surface area contributed by atoms with Gasteiger partial charge in [0.1, 0.15) is 11.6 Å². The summed E-state index contributed by atoms with van der Waals surface area (Å²) in [4.78, 5) is 8.67. The number of methoxy groups -OCH3 is 1. The Labute approximate surface area is 152 Å². The summed E-state index contributed by atoms with van der Waals surface area (Å²) in [5, 5.41) is 15.3. The monoisotopic (exact) mass is 345 g/mol. The van der Waals surface area contributed by atoms with E-state index in [0.717, 1.165) is 30.2 Å². The summed E-state index contributed by atoms with van der Waals surface area (Å²) in [5.41, 5.74) is 2.64. The number of nitriles is 1. The quantitative estimate of drug-likeness (QED) is 0.678. The molecule has 6 nitrogen and oxygen atoms in total. The predicted octanol–water partition coefficient (Wildman–Crippen LogP) is 3.76. The molecule has 0 atom stereocenters. The molecule has 0 fully saturated rings. The number of ether oxygens (including phenoxy) is 1. The summed E-state index contributed by atoms with van der Waals surface area (Å²) in [5.74, 6) is 2.11. The normalized spacial score (nSPS) is 10.0. The minimum atomic E-state index is 0.501. The van der Waals surface area contributed by atoms with E-state index < -0.39 is 0 Å². The number of hydrogen-bond acceptors (Lipinski definition) is 6. The van der Waals surface area contributed by atoms with E-state index >= 15 is 0 Å². The molecule has 0 aliphatic rings. The topological polar surface area (TPSA) is 82.9 Å². The fourth-order valence-corrected chi connectivity index (χ4v) is 2.44. The Bertz CT molecular complexity index is 903. The first-order valence-corrected chi connectivity index (χ1v) is 8.24. The minimum absolute atomic E-state index is 0.501. The molecule has 0 saturated heterocycles. The van der Waals surface area contributed by atoms with Crippen LogP contribution in [-0.2, 0) is 6.42 Å². The van der Waals surface area contributed by atoms with E-state index in [1.54, 1.807) is 25.4 Å². The lowest BCUT2D eigenvalue weighted by molar-refractivity contribution is 0.414. The van der Waals surface area contributed by atoms with E-state index in [0.29, 0.717) is 11.5 Å². The maximum atomic E-state index is 8.84. The van der Waals surface area contributed by atoms with Gasteiger partial charge in [-0.05, 0) is 54.4 Å². The zero-order valence-corrected chi connectivity index (χ0v) is 14.4. The van der Waals surface area contributed by atoms with Gasteiger partial charge in [0, 0.05) is 18.4 Å². The lowest BCUT2D eigenvalue weighted by Crippen LogP contribution is -2.07. The van der Waals surface area contributed by atoms with Crippen LogP contribution < -0.4 is 15.4 Å². The van der Waals surface area contributed by atoms with Crippen LogP contribution in [0.3, 0.4) is 0 Å². The van der Waals surface area contributed by atoms with E-state index in [9.17, 15) is 0 Å². The Kier molecular flexibility index (Phi) is 5.63. The summed E-state index contributed by atoms with van der Waals surface area (Å²) in [6.07, 6.45) is 2.56. The molecule has 3 rings (SSSR count). The molecule has 26 heavy (non-hydrogen) atoms. The van der Waals surface area contributed by atoms with Crippen LogP contribution in [0.1, 0.15) is 11.1 Å². The average Bonchev–Trinajstić information content (AvgIpc) is 2.69. The average molecular weight is 345 g/mol. The third-order valence-electron chi connectivity index (χ3n) is 3.78. The highest BCUT2D eigenvalue weighted by Crippen LogP contribution is 2.16. The molecule has 1 aromatic heterocycles. The van der Waals surface area contributed by atoms with E-state index in [4.69, 9.17) is 10.00 Å². The molecule has 0 spiro atoms. The van der Waals surface area contributed by atoms with Gasteiger partial charge < -0.3 is 15.4 Å². The van der Waals surface area contributed by atoms with Crippen molar-refractivity contribution >= 4 is 17.5 Å². The fourth-order valence-electron chi connectivity index (χ4n) is 2.44. The number of rotatable bonds is 7. The summed E-state index contributed by atoms with van der Waals surface area (Å²) >= 11 is 0. The van der Waals surface area contributed by atoms with Gasteiger partial charge in [-0.25, -0.2) is 4.98 Å². The zero-order valence-electron chi connectivity index (χ0n) is 14.4. The van der Waals surface area contributed by atoms with Crippen molar-refractivity contribution in [3.05, 3.63) is 71.9 Å². The highest BCUT2D eigenvalue weighted by Gasteiger charge is 2.01. The molecule has 6 heteroatoms. The van der Waals surface area contributed by atoms with Crippen LogP contribution in [0.4, 0.5) is 17.5 Å². The van der Waals surface area contributed by atoms with Gasteiger partial charge in [0.2, 0.25) is 5.95 Å². The zero-order chi connectivity index (χ0) is 18.2. The Morgan fingerprint density at radius 3 is 2.73 bits per heavy atom. The molecule has 0 amide bonds. The van der Waals surface area contributed by atoms with Crippen molar-refractivity contribution in [1.29, 1.82) is 5.26 Å². The molecule has 0 radical (unpaired) electrons. The molecule has 2 N–H and O–H groups in total. The second-order valence-corrected chi connectivity index (χ2v) is 5.61. The Morgan fingerprint density at radius 1 is 1.12 bits per heavy atom. The van der Waals surface area contributed by atoms with Gasteiger partial charge in [-0.3, -0.25) is 0 Å². The largest absolute Gasteiger partial charge is 0.497 e. The molecular weight excluding hydrogens is 326 g/mol. The van der Waals surface area contributed by atoms with Crippen LogP contribution in [0.15, 0.2) is 60.8 Å². The summed E-state index contributed by atoms with van der Waals surface area (Å²) in [6.45, 7) is 0.750. The van der Waals surface area contributed by atoms with Crippen molar-refractivity contribution < 1.29 is 4.74 Å². The van der Waals surface area contributed by atoms with Crippen molar-refractivity contribution in [3.63, 3.8) is 0 Å². The van der Waals surface area contributed by atoms with Crippen LogP contribution in [-0.4, -0.2) is 23.6 Å². The van der Waals surface area contributed by atoms with Crippen molar-refractivity contribution in [2.75, 3.05) is 24.3 Å². The van der Waals surface area contributed by atoms with E-state index in [1.807, 2.05) is 36.4 Å². The molecule has 0 saturated carbocycles. The van der Waals surface area contributed by atoms with Gasteiger partial charge in [0.15, 0.2) is 0 Å². The second-order valence-electron chi connectivity index (χ2n) is 5.61. The first kappa shape index (κ1) is 17.2. The van der Waals surface area contributed by atoms with Crippen LogP contribution in [0.5, 0.6) is 5.75 Å². The first-order valence-electron chi connectivity index (χ1n) is 8.24. The maximum Gasteiger partial charge on any atom is 0.229 e. The Morgan fingerprint density at radius 2 is 1.96 bits per heavy atom. The number of nitrogens with one attached hydrogen (secondary N) is 2. The second kappa shape index (κ2) is 8.49. The van der Waals surface area contributed by atoms with E-state index in [1.165, 1.54) is 5.56 Å². The third-order valence-corrected chi connectivity index (χ3v) is 3.78. The molecule has 0 unspecified atom stereocenters. The predicted molar refractivity (Wildman–Crippen MR) is 102 cm³/mol. The van der Waals surface area contributed by atoms with Crippen LogP contribution in [0.25, 0.3) is 0 Å². The lowest BCUT2D eigenvalue weighted by Gasteiger charge is -2.09. The molecule has 2 aromatic carbocycles. The molecule has 0 bridgehead atoms. The number of hydrogen-bond donors (Lipinski definition) is 2. The Balaban J connectivity index is 1.57. The molecule has 1 heterocycles. The molecule has 130 valence electrons. The van der Waals surface area contributed by atoms with Gasteiger partial charge in [-0.15, -0.1) is 0 Å². The third kappa shape index (κ3) is 4.71.